The molecule has 25 heavy (non-hydrogen) atoms. The summed E-state index contributed by atoms with van der Waals surface area (Å²) in [6.45, 7) is 4.83. The summed E-state index contributed by atoms with van der Waals surface area (Å²) in [6, 6.07) is 5.68. The minimum atomic E-state index is -0.705. The fourth-order valence-electron chi connectivity index (χ4n) is 3.50. The number of aromatic nitrogens is 2. The number of rotatable bonds is 3. The molecule has 0 bridgehead atoms. The van der Waals surface area contributed by atoms with Crippen LogP contribution in [0.5, 0.6) is 5.75 Å². The van der Waals surface area contributed by atoms with Crippen molar-refractivity contribution in [3.63, 3.8) is 0 Å². The second-order valence-corrected chi connectivity index (χ2v) is 6.72. The number of ether oxygens (including phenoxy) is 2. The third-order valence-electron chi connectivity index (χ3n) is 4.80. The highest BCUT2D eigenvalue weighted by molar-refractivity contribution is 5.98. The predicted molar refractivity (Wildman–Crippen MR) is 88.5 cm³/mol. The quantitative estimate of drug-likeness (QED) is 0.919. The number of nitrogens with one attached hydrogen (secondary N) is 1. The Morgan fingerprint density at radius 2 is 2.12 bits per heavy atom. The smallest absolute Gasteiger partial charge is 0.255 e. The lowest BCUT2D eigenvalue weighted by molar-refractivity contribution is 0.0221. The summed E-state index contributed by atoms with van der Waals surface area (Å²) >= 11 is 0. The van der Waals surface area contributed by atoms with Gasteiger partial charge in [-0.25, -0.2) is 0 Å². The van der Waals surface area contributed by atoms with E-state index in [-0.39, 0.29) is 12.0 Å². The number of benzene rings is 1. The number of para-hydroxylation sites is 1. The number of fused-ring (bicyclic) bond motifs is 1. The first kappa shape index (κ1) is 16.1. The van der Waals surface area contributed by atoms with Crippen LogP contribution >= 0.6 is 0 Å². The van der Waals surface area contributed by atoms with E-state index in [1.165, 1.54) is 0 Å². The van der Waals surface area contributed by atoms with E-state index >= 15 is 0 Å². The Hall–Kier alpha value is -2.41. The van der Waals surface area contributed by atoms with Gasteiger partial charge in [0, 0.05) is 32.5 Å². The van der Waals surface area contributed by atoms with Crippen molar-refractivity contribution in [3.8, 4) is 5.75 Å². The highest BCUT2D eigenvalue weighted by atomic mass is 16.5. The van der Waals surface area contributed by atoms with Crippen molar-refractivity contribution in [2.24, 2.45) is 0 Å². The molecule has 1 aromatic heterocycles. The van der Waals surface area contributed by atoms with Crippen LogP contribution < -0.4 is 10.1 Å². The van der Waals surface area contributed by atoms with Crippen LogP contribution in [-0.2, 0) is 16.7 Å². The minimum absolute atomic E-state index is 0.0829. The molecule has 2 aliphatic heterocycles. The van der Waals surface area contributed by atoms with E-state index in [1.807, 2.05) is 19.1 Å². The fraction of sp³-hybridized carbons (Fsp3) is 0.500. The molecule has 4 rings (SSSR count). The number of hydrogen-bond donors (Lipinski definition) is 1. The number of carbonyl (C=O) groups is 1. The lowest BCUT2D eigenvalue weighted by atomic mass is 9.89. The van der Waals surface area contributed by atoms with Crippen LogP contribution in [0.25, 0.3) is 0 Å². The molecule has 1 unspecified atom stereocenters. The molecule has 2 aromatic rings. The molecule has 1 saturated heterocycles. The number of hydrogen-bond acceptors (Lipinski definition) is 6. The van der Waals surface area contributed by atoms with Crippen LogP contribution in [0.3, 0.4) is 0 Å². The second-order valence-electron chi connectivity index (χ2n) is 6.72. The summed E-state index contributed by atoms with van der Waals surface area (Å²) in [5.74, 6) is 1.47. The Morgan fingerprint density at radius 1 is 1.32 bits per heavy atom. The average molecular weight is 343 g/mol. The highest BCUT2D eigenvalue weighted by Crippen LogP contribution is 2.35. The first-order chi connectivity index (χ1) is 12.1. The van der Waals surface area contributed by atoms with Gasteiger partial charge in [-0.1, -0.05) is 17.3 Å². The SMILES string of the molecule is Cc1noc(C2(NC(=O)c3cccc4c3OC(C)C4)CCOCC2)n1. The van der Waals surface area contributed by atoms with Crippen molar-refractivity contribution in [1.29, 1.82) is 0 Å². The maximum atomic E-state index is 13.0. The van der Waals surface area contributed by atoms with Crippen molar-refractivity contribution >= 4 is 5.91 Å². The van der Waals surface area contributed by atoms with Crippen molar-refractivity contribution in [1.82, 2.24) is 15.5 Å². The molecule has 0 radical (unpaired) electrons. The van der Waals surface area contributed by atoms with Gasteiger partial charge in [0.15, 0.2) is 5.82 Å². The standard InChI is InChI=1S/C18H21N3O4/c1-11-10-13-4-3-5-14(15(13)24-11)16(22)20-18(6-8-23-9-7-18)17-19-12(2)21-25-17/h3-5,11H,6-10H2,1-2H3,(H,20,22). The monoisotopic (exact) mass is 343 g/mol. The van der Waals surface area contributed by atoms with E-state index in [9.17, 15) is 4.79 Å². The van der Waals surface area contributed by atoms with Crippen LogP contribution in [0.4, 0.5) is 0 Å². The lowest BCUT2D eigenvalue weighted by Gasteiger charge is -2.34. The van der Waals surface area contributed by atoms with E-state index in [2.05, 4.69) is 15.5 Å². The first-order valence-corrected chi connectivity index (χ1v) is 8.57. The Bertz CT molecular complexity index is 795. The van der Waals surface area contributed by atoms with E-state index in [4.69, 9.17) is 14.0 Å². The molecule has 0 spiro atoms. The Labute approximate surface area is 145 Å². The molecule has 7 heteroatoms. The zero-order valence-corrected chi connectivity index (χ0v) is 14.4. The topological polar surface area (TPSA) is 86.5 Å². The Balaban J connectivity index is 1.65. The van der Waals surface area contributed by atoms with Crippen LogP contribution in [0.2, 0.25) is 0 Å². The van der Waals surface area contributed by atoms with E-state index < -0.39 is 5.54 Å². The summed E-state index contributed by atoms with van der Waals surface area (Å²) in [7, 11) is 0. The van der Waals surface area contributed by atoms with E-state index in [1.54, 1.807) is 13.0 Å². The van der Waals surface area contributed by atoms with Gasteiger partial charge in [0.25, 0.3) is 11.8 Å². The average Bonchev–Trinajstić information content (AvgIpc) is 3.20. The van der Waals surface area contributed by atoms with Gasteiger partial charge in [-0.3, -0.25) is 4.79 Å². The van der Waals surface area contributed by atoms with Crippen molar-refractivity contribution in [3.05, 3.63) is 41.0 Å². The summed E-state index contributed by atoms with van der Waals surface area (Å²) in [5, 5.41) is 7.01. The molecule has 1 aromatic carbocycles. The summed E-state index contributed by atoms with van der Waals surface area (Å²) in [4.78, 5) is 17.4. The molecule has 3 heterocycles. The lowest BCUT2D eigenvalue weighted by Crippen LogP contribution is -2.49. The van der Waals surface area contributed by atoms with Crippen LogP contribution in [0, 0.1) is 6.92 Å². The van der Waals surface area contributed by atoms with Gasteiger partial charge >= 0.3 is 0 Å². The van der Waals surface area contributed by atoms with Gasteiger partial charge in [-0.2, -0.15) is 4.98 Å². The molecule has 1 fully saturated rings. The summed E-state index contributed by atoms with van der Waals surface area (Å²) < 4.78 is 16.7. The first-order valence-electron chi connectivity index (χ1n) is 8.57. The highest BCUT2D eigenvalue weighted by Gasteiger charge is 2.42. The number of aryl methyl sites for hydroxylation is 1. The van der Waals surface area contributed by atoms with Crippen LogP contribution in [0.1, 0.15) is 47.4 Å². The summed E-state index contributed by atoms with van der Waals surface area (Å²) in [5.41, 5.74) is 0.905. The zero-order chi connectivity index (χ0) is 17.4. The van der Waals surface area contributed by atoms with Gasteiger partial charge in [0.2, 0.25) is 0 Å². The van der Waals surface area contributed by atoms with Gasteiger partial charge in [0.05, 0.1) is 5.56 Å². The second kappa shape index (κ2) is 6.15. The van der Waals surface area contributed by atoms with Crippen molar-refractivity contribution in [2.75, 3.05) is 13.2 Å². The molecule has 1 atom stereocenters. The maximum absolute atomic E-state index is 13.0. The molecule has 7 nitrogen and oxygen atoms in total. The zero-order valence-electron chi connectivity index (χ0n) is 14.4. The third kappa shape index (κ3) is 2.89. The van der Waals surface area contributed by atoms with Crippen LogP contribution in [-0.4, -0.2) is 35.4 Å². The van der Waals surface area contributed by atoms with Crippen LogP contribution in [0.15, 0.2) is 22.7 Å². The minimum Gasteiger partial charge on any atom is -0.489 e. The number of amides is 1. The van der Waals surface area contributed by atoms with Gasteiger partial charge in [-0.05, 0) is 25.5 Å². The molecular formula is C18H21N3O4. The number of carbonyl (C=O) groups excluding carboxylic acids is 1. The Kier molecular flexibility index (Phi) is 3.95. The third-order valence-corrected chi connectivity index (χ3v) is 4.80. The van der Waals surface area contributed by atoms with E-state index in [0.29, 0.717) is 49.1 Å². The van der Waals surface area contributed by atoms with Gasteiger partial charge < -0.3 is 19.3 Å². The molecule has 2 aliphatic rings. The molecule has 1 N–H and O–H groups in total. The summed E-state index contributed by atoms with van der Waals surface area (Å²) in [6.07, 6.45) is 2.08. The molecular weight excluding hydrogens is 322 g/mol. The normalized spacial score (nSPS) is 21.4. The van der Waals surface area contributed by atoms with Crippen molar-refractivity contribution in [2.45, 2.75) is 44.8 Å². The molecule has 1 amide bonds. The van der Waals surface area contributed by atoms with Gasteiger partial charge in [0.1, 0.15) is 17.4 Å². The molecule has 0 saturated carbocycles. The molecule has 0 aliphatic carbocycles. The maximum Gasteiger partial charge on any atom is 0.255 e. The fourth-order valence-corrected chi connectivity index (χ4v) is 3.50. The van der Waals surface area contributed by atoms with Crippen molar-refractivity contribution < 1.29 is 18.8 Å². The largest absolute Gasteiger partial charge is 0.489 e. The van der Waals surface area contributed by atoms with Gasteiger partial charge in [-0.15, -0.1) is 0 Å². The predicted octanol–water partition coefficient (Wildman–Crippen LogP) is 2.14. The van der Waals surface area contributed by atoms with E-state index in [0.717, 1.165) is 12.0 Å². The molecule has 132 valence electrons. The Morgan fingerprint density at radius 3 is 2.84 bits per heavy atom. The number of nitrogens with zero attached hydrogens (tertiary/aromatic N) is 2.